The maximum Gasteiger partial charge on any atom is 0.343 e. The van der Waals surface area contributed by atoms with E-state index in [9.17, 15) is 4.79 Å². The fraction of sp³-hybridized carbons (Fsp3) is 0.857. The normalized spacial score (nSPS) is 10.2. The van der Waals surface area contributed by atoms with Crippen molar-refractivity contribution >= 4 is 15.7 Å². The van der Waals surface area contributed by atoms with Crippen molar-refractivity contribution in [3.05, 3.63) is 0 Å². The van der Waals surface area contributed by atoms with Crippen LogP contribution in [0.3, 0.4) is 0 Å². The first-order valence-corrected chi connectivity index (χ1v) is 4.72. The molecular formula is C7H14O3Si. The number of carbonyl (C=O) groups excluding carboxylic acids is 1. The van der Waals surface area contributed by atoms with E-state index in [1.165, 1.54) is 6.92 Å². The highest BCUT2D eigenvalue weighted by atomic mass is 28.2. The van der Waals surface area contributed by atoms with Gasteiger partial charge in [0.25, 0.3) is 5.97 Å². The number of hydrogen-bond acceptors (Lipinski definition) is 3. The predicted molar refractivity (Wildman–Crippen MR) is 43.2 cm³/mol. The first-order valence-electron chi connectivity index (χ1n) is 3.61. The van der Waals surface area contributed by atoms with E-state index < -0.39 is 0 Å². The van der Waals surface area contributed by atoms with Gasteiger partial charge >= 0.3 is 9.76 Å². The van der Waals surface area contributed by atoms with Crippen LogP contribution in [0.5, 0.6) is 0 Å². The molecule has 0 unspecified atom stereocenters. The Morgan fingerprint density at radius 3 is 2.64 bits per heavy atom. The zero-order valence-electron chi connectivity index (χ0n) is 7.22. The van der Waals surface area contributed by atoms with Crippen LogP contribution in [-0.4, -0.2) is 28.6 Å². The van der Waals surface area contributed by atoms with Crippen LogP contribution in [0.2, 0.25) is 0 Å². The second kappa shape index (κ2) is 6.36. The Balaban J connectivity index is 2.97. The summed E-state index contributed by atoms with van der Waals surface area (Å²) in [6.07, 6.45) is 0.526. The third-order valence-corrected chi connectivity index (χ3v) is 1.58. The van der Waals surface area contributed by atoms with Crippen molar-refractivity contribution < 1.29 is 14.0 Å². The molecule has 0 aliphatic heterocycles. The molecule has 0 atom stereocenters. The van der Waals surface area contributed by atoms with Gasteiger partial charge in [-0.25, -0.2) is 0 Å². The van der Waals surface area contributed by atoms with Crippen molar-refractivity contribution in [2.75, 3.05) is 12.8 Å². The van der Waals surface area contributed by atoms with Crippen molar-refractivity contribution in [3.63, 3.8) is 0 Å². The molecular weight excluding hydrogens is 160 g/mol. The number of ether oxygens (including phenoxy) is 1. The van der Waals surface area contributed by atoms with Crippen molar-refractivity contribution in [1.29, 1.82) is 0 Å². The summed E-state index contributed by atoms with van der Waals surface area (Å²) >= 11 is 0. The van der Waals surface area contributed by atoms with Gasteiger partial charge in [0.1, 0.15) is 0 Å². The molecule has 0 aromatic carbocycles. The summed E-state index contributed by atoms with van der Waals surface area (Å²) < 4.78 is 9.87. The summed E-state index contributed by atoms with van der Waals surface area (Å²) in [5.41, 5.74) is 0. The van der Waals surface area contributed by atoms with Crippen molar-refractivity contribution in [1.82, 2.24) is 0 Å². The van der Waals surface area contributed by atoms with Crippen LogP contribution in [0, 0.1) is 5.92 Å². The molecule has 64 valence electrons. The predicted octanol–water partition coefficient (Wildman–Crippen LogP) is 0.799. The molecule has 4 heteroatoms. The highest BCUT2D eigenvalue weighted by Gasteiger charge is 1.97. The van der Waals surface area contributed by atoms with E-state index in [0.717, 1.165) is 6.61 Å². The van der Waals surface area contributed by atoms with Crippen LogP contribution < -0.4 is 0 Å². The topological polar surface area (TPSA) is 35.5 Å². The smallest absolute Gasteiger partial charge is 0.343 e. The Morgan fingerprint density at radius 1 is 1.55 bits per heavy atom. The molecule has 0 spiro atoms. The van der Waals surface area contributed by atoms with Crippen LogP contribution in [-0.2, 0) is 14.0 Å². The molecule has 0 aromatic heterocycles. The van der Waals surface area contributed by atoms with Gasteiger partial charge in [-0.1, -0.05) is 13.8 Å². The zero-order valence-corrected chi connectivity index (χ0v) is 8.22. The zero-order chi connectivity index (χ0) is 8.69. The summed E-state index contributed by atoms with van der Waals surface area (Å²) in [5, 5.41) is 0. The molecule has 0 N–H and O–H groups in total. The maximum absolute atomic E-state index is 10.3. The van der Waals surface area contributed by atoms with Gasteiger partial charge in [0, 0.05) is 13.5 Å². The molecule has 0 saturated carbocycles. The van der Waals surface area contributed by atoms with Gasteiger partial charge < -0.3 is 9.16 Å². The Bertz CT molecular complexity index is 114. The Morgan fingerprint density at radius 2 is 2.18 bits per heavy atom. The molecule has 0 amide bonds. The molecule has 0 fully saturated rings. The van der Waals surface area contributed by atoms with E-state index in [1.54, 1.807) is 0 Å². The van der Waals surface area contributed by atoms with Crippen LogP contribution >= 0.6 is 0 Å². The standard InChI is InChI=1S/C7H14O3Si/c1-6(2)4-9-5-11-10-7(3)8/h6H,4-5H2,1-3H3. The van der Waals surface area contributed by atoms with Gasteiger partial charge in [0.05, 0.1) is 6.23 Å². The SMILES string of the molecule is CC(=O)O[Si]COCC(C)C. The summed E-state index contributed by atoms with van der Waals surface area (Å²) in [5.74, 6) is 0.300. The van der Waals surface area contributed by atoms with E-state index in [2.05, 4.69) is 18.3 Å². The second-order valence-electron chi connectivity index (χ2n) is 2.65. The highest BCUT2D eigenvalue weighted by Crippen LogP contribution is 1.90. The minimum atomic E-state index is -0.239. The molecule has 2 radical (unpaired) electrons. The van der Waals surface area contributed by atoms with Gasteiger partial charge in [-0.05, 0) is 5.92 Å². The highest BCUT2D eigenvalue weighted by molar-refractivity contribution is 6.30. The quantitative estimate of drug-likeness (QED) is 0.457. The molecule has 11 heavy (non-hydrogen) atoms. The minimum absolute atomic E-state index is 0.140. The van der Waals surface area contributed by atoms with Gasteiger partial charge in [-0.2, -0.15) is 0 Å². The van der Waals surface area contributed by atoms with E-state index in [1.807, 2.05) is 0 Å². The van der Waals surface area contributed by atoms with E-state index >= 15 is 0 Å². The first kappa shape index (κ1) is 10.6. The molecule has 3 nitrogen and oxygen atoms in total. The van der Waals surface area contributed by atoms with E-state index in [4.69, 9.17) is 4.74 Å². The third kappa shape index (κ3) is 9.65. The third-order valence-electron chi connectivity index (χ3n) is 0.828. The maximum atomic E-state index is 10.3. The minimum Gasteiger partial charge on any atom is -0.514 e. The van der Waals surface area contributed by atoms with Gasteiger partial charge in [-0.3, -0.25) is 4.79 Å². The van der Waals surface area contributed by atoms with Crippen LogP contribution in [0.4, 0.5) is 0 Å². The molecule has 0 saturated heterocycles. The second-order valence-corrected chi connectivity index (χ2v) is 3.43. The van der Waals surface area contributed by atoms with E-state index in [0.29, 0.717) is 12.1 Å². The average molecular weight is 174 g/mol. The average Bonchev–Trinajstić information content (AvgIpc) is 1.85. The number of hydrogen-bond donors (Lipinski definition) is 0. The Kier molecular flexibility index (Phi) is 6.16. The van der Waals surface area contributed by atoms with Crippen LogP contribution in [0.25, 0.3) is 0 Å². The molecule has 0 aromatic rings. The van der Waals surface area contributed by atoms with Crippen LogP contribution in [0.15, 0.2) is 0 Å². The number of carbonyl (C=O) groups is 1. The van der Waals surface area contributed by atoms with Crippen molar-refractivity contribution in [2.24, 2.45) is 5.92 Å². The summed E-state index contributed by atoms with van der Waals surface area (Å²) in [6.45, 7) is 6.29. The lowest BCUT2D eigenvalue weighted by atomic mass is 10.2. The van der Waals surface area contributed by atoms with Gasteiger partial charge in [0.2, 0.25) is 0 Å². The molecule has 0 aliphatic carbocycles. The molecule has 0 rings (SSSR count). The fourth-order valence-electron chi connectivity index (χ4n) is 0.467. The largest absolute Gasteiger partial charge is 0.514 e. The Hall–Kier alpha value is -0.353. The lowest BCUT2D eigenvalue weighted by Gasteiger charge is -2.04. The Labute approximate surface area is 70.0 Å². The van der Waals surface area contributed by atoms with E-state index in [-0.39, 0.29) is 15.7 Å². The molecule has 0 aliphatic rings. The fourth-order valence-corrected chi connectivity index (χ4v) is 0.931. The van der Waals surface area contributed by atoms with Crippen molar-refractivity contribution in [3.8, 4) is 0 Å². The number of rotatable bonds is 5. The summed E-state index contributed by atoms with van der Waals surface area (Å²) in [4.78, 5) is 10.3. The first-order chi connectivity index (χ1) is 5.13. The van der Waals surface area contributed by atoms with Crippen molar-refractivity contribution in [2.45, 2.75) is 20.8 Å². The lowest BCUT2D eigenvalue weighted by molar-refractivity contribution is -0.132. The molecule has 0 heterocycles. The van der Waals surface area contributed by atoms with Gasteiger partial charge in [-0.15, -0.1) is 0 Å². The van der Waals surface area contributed by atoms with Gasteiger partial charge in [0.15, 0.2) is 0 Å². The monoisotopic (exact) mass is 174 g/mol. The molecule has 0 bridgehead atoms. The lowest BCUT2D eigenvalue weighted by Crippen LogP contribution is -2.13. The summed E-state index contributed by atoms with van der Waals surface area (Å²) in [7, 11) is 0.140. The van der Waals surface area contributed by atoms with Crippen LogP contribution in [0.1, 0.15) is 20.8 Å². The summed E-state index contributed by atoms with van der Waals surface area (Å²) in [6, 6.07) is 0.